The molecule has 37 heavy (non-hydrogen) atoms. The van der Waals surface area contributed by atoms with Gasteiger partial charge in [-0.25, -0.2) is 8.42 Å². The number of benzene rings is 1. The summed E-state index contributed by atoms with van der Waals surface area (Å²) in [6.45, 7) is 4.14. The van der Waals surface area contributed by atoms with E-state index in [2.05, 4.69) is 20.9 Å². The first-order valence-electron chi connectivity index (χ1n) is 12.0. The molecule has 0 bridgehead atoms. The lowest BCUT2D eigenvalue weighted by Gasteiger charge is -2.24. The molecule has 7 N–H and O–H groups in total. The molecule has 0 aliphatic rings. The molecule has 0 fully saturated rings. The highest BCUT2D eigenvalue weighted by Gasteiger charge is 2.29. The van der Waals surface area contributed by atoms with Crippen molar-refractivity contribution in [2.24, 2.45) is 16.6 Å². The van der Waals surface area contributed by atoms with Gasteiger partial charge in [0.15, 0.2) is 21.6 Å². The van der Waals surface area contributed by atoms with Gasteiger partial charge in [-0.1, -0.05) is 26.0 Å². The number of ketones is 1. The molecule has 1 aromatic carbocycles. The number of carbonyl (C=O) groups is 3. The standard InChI is InChI=1S/C23H38BN5O7S/c1-15(2)14-20(24(33)34)29-22(32)18(6-5-13-27-23(25)26-3)28-21(31)12-11-19(30)16-7-9-17(10-8-16)37(4,35)36/h7-10,15,18,20,33-34H,5-6,11-14H2,1-4H3,(H,28,31)(H,29,32)(H3,25,26,27)/t18-,20-/m0/s1. The molecule has 12 nitrogen and oxygen atoms in total. The highest BCUT2D eigenvalue weighted by molar-refractivity contribution is 7.90. The molecular formula is C23H38BN5O7S. The molecule has 0 saturated carbocycles. The molecule has 2 amide bonds. The molecule has 1 rings (SSSR count). The largest absolute Gasteiger partial charge is 0.475 e. The Bertz CT molecular complexity index is 1050. The van der Waals surface area contributed by atoms with Crippen molar-refractivity contribution in [3.63, 3.8) is 0 Å². The van der Waals surface area contributed by atoms with E-state index < -0.39 is 40.8 Å². The van der Waals surface area contributed by atoms with Gasteiger partial charge in [-0.05, 0) is 37.3 Å². The minimum atomic E-state index is -3.39. The van der Waals surface area contributed by atoms with Crippen LogP contribution in [0.4, 0.5) is 0 Å². The second-order valence-electron chi connectivity index (χ2n) is 9.18. The number of rotatable bonds is 15. The monoisotopic (exact) mass is 539 g/mol. The van der Waals surface area contributed by atoms with Crippen LogP contribution in [0.15, 0.2) is 34.2 Å². The van der Waals surface area contributed by atoms with Crippen molar-refractivity contribution in [3.8, 4) is 0 Å². The van der Waals surface area contributed by atoms with Crippen LogP contribution in [-0.4, -0.2) is 81.0 Å². The Morgan fingerprint density at radius 3 is 2.22 bits per heavy atom. The molecule has 0 saturated heterocycles. The predicted octanol–water partition coefficient (Wildman–Crippen LogP) is -0.605. The maximum absolute atomic E-state index is 12.9. The molecule has 0 aromatic heterocycles. The average Bonchev–Trinajstić information content (AvgIpc) is 2.82. The Morgan fingerprint density at radius 2 is 1.70 bits per heavy atom. The maximum Gasteiger partial charge on any atom is 0.475 e. The molecule has 1 aromatic rings. The van der Waals surface area contributed by atoms with Gasteiger partial charge in [-0.3, -0.25) is 19.4 Å². The number of aliphatic imine (C=N–C) groups is 1. The van der Waals surface area contributed by atoms with Crippen molar-refractivity contribution >= 4 is 40.5 Å². The lowest BCUT2D eigenvalue weighted by Crippen LogP contribution is -2.54. The van der Waals surface area contributed by atoms with E-state index in [-0.39, 0.29) is 47.4 Å². The van der Waals surface area contributed by atoms with Crippen LogP contribution in [0.1, 0.15) is 56.3 Å². The summed E-state index contributed by atoms with van der Waals surface area (Å²) in [5, 5.41) is 27.3. The smallest absolute Gasteiger partial charge is 0.426 e. The van der Waals surface area contributed by atoms with Gasteiger partial charge in [0.05, 0.1) is 10.8 Å². The van der Waals surface area contributed by atoms with Crippen molar-refractivity contribution in [1.29, 1.82) is 0 Å². The normalized spacial score (nSPS) is 13.5. The van der Waals surface area contributed by atoms with E-state index in [0.717, 1.165) is 6.26 Å². The van der Waals surface area contributed by atoms with E-state index in [4.69, 9.17) is 5.73 Å². The van der Waals surface area contributed by atoms with Crippen LogP contribution in [0.5, 0.6) is 0 Å². The van der Waals surface area contributed by atoms with Crippen LogP contribution >= 0.6 is 0 Å². The van der Waals surface area contributed by atoms with E-state index in [0.29, 0.717) is 19.4 Å². The highest BCUT2D eigenvalue weighted by atomic mass is 32.2. The first kappa shape index (κ1) is 32.1. The molecule has 0 spiro atoms. The topological polar surface area (TPSA) is 200 Å². The number of nitrogens with zero attached hydrogens (tertiary/aromatic N) is 1. The Kier molecular flexibility index (Phi) is 13.3. The fourth-order valence-electron chi connectivity index (χ4n) is 3.44. The zero-order valence-electron chi connectivity index (χ0n) is 21.7. The zero-order chi connectivity index (χ0) is 28.2. The number of nitrogens with two attached hydrogens (primary N) is 1. The molecule has 14 heteroatoms. The van der Waals surface area contributed by atoms with Crippen molar-refractivity contribution in [2.75, 3.05) is 19.8 Å². The van der Waals surface area contributed by atoms with Gasteiger partial charge in [0, 0.05) is 38.3 Å². The quantitative estimate of drug-likeness (QED) is 0.0553. The average molecular weight is 539 g/mol. The Morgan fingerprint density at radius 1 is 1.08 bits per heavy atom. The van der Waals surface area contributed by atoms with E-state index in [1.165, 1.54) is 31.3 Å². The van der Waals surface area contributed by atoms with Crippen LogP contribution in [0.3, 0.4) is 0 Å². The van der Waals surface area contributed by atoms with Crippen molar-refractivity contribution in [3.05, 3.63) is 29.8 Å². The van der Waals surface area contributed by atoms with Gasteiger partial charge >= 0.3 is 7.12 Å². The lowest BCUT2D eigenvalue weighted by atomic mass is 9.75. The molecular weight excluding hydrogens is 501 g/mol. The SMILES string of the molecule is CN=C(N)NCCC[C@H](NC(=O)CCC(=O)c1ccc(S(C)(=O)=O)cc1)C(=O)N[C@@H](CC(C)C)B(O)O. The molecule has 206 valence electrons. The number of carbonyl (C=O) groups excluding carboxylic acids is 3. The maximum atomic E-state index is 12.9. The summed E-state index contributed by atoms with van der Waals surface area (Å²) in [6, 6.07) is 4.46. The highest BCUT2D eigenvalue weighted by Crippen LogP contribution is 2.13. The van der Waals surface area contributed by atoms with E-state index in [1.807, 2.05) is 13.8 Å². The third kappa shape index (κ3) is 12.2. The van der Waals surface area contributed by atoms with Crippen LogP contribution in [0.2, 0.25) is 0 Å². The van der Waals surface area contributed by atoms with Crippen LogP contribution < -0.4 is 21.7 Å². The summed E-state index contributed by atoms with van der Waals surface area (Å²) in [5.41, 5.74) is 5.86. The summed E-state index contributed by atoms with van der Waals surface area (Å²) in [5.74, 6) is -2.06. The van der Waals surface area contributed by atoms with Gasteiger partial charge < -0.3 is 31.7 Å². The first-order chi connectivity index (χ1) is 17.2. The van der Waals surface area contributed by atoms with Crippen LogP contribution in [0, 0.1) is 5.92 Å². The second kappa shape index (κ2) is 15.3. The minimum Gasteiger partial charge on any atom is -0.426 e. The fourth-order valence-corrected chi connectivity index (χ4v) is 4.07. The van der Waals surface area contributed by atoms with E-state index >= 15 is 0 Å². The number of hydrogen-bond acceptors (Lipinski definition) is 8. The molecule has 0 aliphatic heterocycles. The third-order valence-corrected chi connectivity index (χ3v) is 6.59. The zero-order valence-corrected chi connectivity index (χ0v) is 22.5. The minimum absolute atomic E-state index is 0.0816. The van der Waals surface area contributed by atoms with Crippen molar-refractivity contribution in [2.45, 2.75) is 62.8 Å². The number of Topliss-reactive ketones (excluding diaryl/α,β-unsaturated/α-hetero) is 1. The summed E-state index contributed by atoms with van der Waals surface area (Å²) >= 11 is 0. The summed E-state index contributed by atoms with van der Waals surface area (Å²) in [6.07, 6.45) is 1.71. The van der Waals surface area contributed by atoms with Gasteiger partial charge in [0.1, 0.15) is 6.04 Å². The lowest BCUT2D eigenvalue weighted by molar-refractivity contribution is -0.129. The van der Waals surface area contributed by atoms with E-state index in [1.54, 1.807) is 0 Å². The number of hydrogen-bond donors (Lipinski definition) is 6. The number of guanidine groups is 1. The Balaban J connectivity index is 2.80. The number of nitrogens with one attached hydrogen (secondary N) is 3. The van der Waals surface area contributed by atoms with Crippen LogP contribution in [0.25, 0.3) is 0 Å². The van der Waals surface area contributed by atoms with Gasteiger partial charge in [0.2, 0.25) is 11.8 Å². The number of amides is 2. The van der Waals surface area contributed by atoms with Crippen molar-refractivity contribution < 1.29 is 32.8 Å². The number of sulfone groups is 1. The van der Waals surface area contributed by atoms with Gasteiger partial charge in [0.25, 0.3) is 0 Å². The molecule has 0 unspecified atom stereocenters. The molecule has 2 atom stereocenters. The Labute approximate surface area is 218 Å². The van der Waals surface area contributed by atoms with Crippen LogP contribution in [-0.2, 0) is 19.4 Å². The third-order valence-electron chi connectivity index (χ3n) is 5.46. The molecule has 0 radical (unpaired) electrons. The summed E-state index contributed by atoms with van der Waals surface area (Å²) in [4.78, 5) is 41.8. The fraction of sp³-hybridized carbons (Fsp3) is 0.565. The predicted molar refractivity (Wildman–Crippen MR) is 141 cm³/mol. The van der Waals surface area contributed by atoms with Gasteiger partial charge in [-0.2, -0.15) is 0 Å². The second-order valence-corrected chi connectivity index (χ2v) is 11.2. The molecule has 0 aliphatic carbocycles. The molecule has 0 heterocycles. The Hall–Kier alpha value is -2.97. The van der Waals surface area contributed by atoms with E-state index in [9.17, 15) is 32.8 Å². The summed E-state index contributed by atoms with van der Waals surface area (Å²) < 4.78 is 23.1. The van der Waals surface area contributed by atoms with Gasteiger partial charge in [-0.15, -0.1) is 0 Å². The first-order valence-corrected chi connectivity index (χ1v) is 13.9. The van der Waals surface area contributed by atoms with Crippen molar-refractivity contribution in [1.82, 2.24) is 16.0 Å². The summed E-state index contributed by atoms with van der Waals surface area (Å²) in [7, 11) is -3.64.